The molecule has 0 aliphatic carbocycles. The van der Waals surface area contributed by atoms with E-state index < -0.39 is 11.7 Å². The number of benzene rings is 1. The van der Waals surface area contributed by atoms with Crippen molar-refractivity contribution in [1.82, 2.24) is 10.2 Å². The Bertz CT molecular complexity index is 610. The van der Waals surface area contributed by atoms with Gasteiger partial charge in [0.1, 0.15) is 5.82 Å². The molecular weight excluding hydrogens is 269 g/mol. The van der Waals surface area contributed by atoms with Gasteiger partial charge in [0.05, 0.1) is 5.02 Å². The molecule has 1 heterocycles. The second kappa shape index (κ2) is 5.40. The molecule has 4 nitrogen and oxygen atoms in total. The minimum absolute atomic E-state index is 0.0154. The first kappa shape index (κ1) is 13.5. The van der Waals surface area contributed by atoms with Crippen molar-refractivity contribution in [3.8, 4) is 0 Å². The van der Waals surface area contributed by atoms with Crippen LogP contribution in [0.25, 0.3) is 0 Å². The lowest BCUT2D eigenvalue weighted by Gasteiger charge is -2.02. The molecule has 0 aliphatic heterocycles. The summed E-state index contributed by atoms with van der Waals surface area (Å²) in [4.78, 5) is 11.9. The smallest absolute Gasteiger partial charge is 0.256 e. The minimum Gasteiger partial charge on any atom is -0.305 e. The highest BCUT2D eigenvalue weighted by atomic mass is 35.5. The Hall–Kier alpha value is -1.88. The van der Waals surface area contributed by atoms with Gasteiger partial charge in [0.25, 0.3) is 5.91 Å². The number of halogens is 2. The third-order valence-electron chi connectivity index (χ3n) is 2.64. The van der Waals surface area contributed by atoms with Crippen molar-refractivity contribution in [1.29, 1.82) is 0 Å². The summed E-state index contributed by atoms with van der Waals surface area (Å²) in [7, 11) is 0. The van der Waals surface area contributed by atoms with Crippen LogP contribution < -0.4 is 5.32 Å². The van der Waals surface area contributed by atoms with Crippen molar-refractivity contribution >= 4 is 23.3 Å². The molecule has 0 atom stereocenters. The summed E-state index contributed by atoms with van der Waals surface area (Å²) in [6.45, 7) is 4.02. The lowest BCUT2D eigenvalue weighted by molar-refractivity contribution is 0.102. The molecule has 2 rings (SSSR count). The van der Waals surface area contributed by atoms with Crippen LogP contribution in [0, 0.1) is 5.82 Å². The molecule has 0 bridgehead atoms. The molecule has 2 N–H and O–H groups in total. The second-order valence-electron chi connectivity index (χ2n) is 4.45. The highest BCUT2D eigenvalue weighted by Gasteiger charge is 2.11. The molecule has 0 unspecified atom stereocenters. The topological polar surface area (TPSA) is 57.8 Å². The van der Waals surface area contributed by atoms with Crippen LogP contribution in [-0.4, -0.2) is 16.1 Å². The molecule has 6 heteroatoms. The number of carbonyl (C=O) groups excluding carboxylic acids is 1. The number of rotatable bonds is 3. The molecule has 100 valence electrons. The van der Waals surface area contributed by atoms with Crippen LogP contribution in [0.5, 0.6) is 0 Å². The van der Waals surface area contributed by atoms with Crippen LogP contribution >= 0.6 is 11.6 Å². The number of hydrogen-bond donors (Lipinski definition) is 2. The molecule has 19 heavy (non-hydrogen) atoms. The van der Waals surface area contributed by atoms with Gasteiger partial charge in [-0.3, -0.25) is 9.89 Å². The number of amides is 1. The Labute approximate surface area is 115 Å². The predicted octanol–water partition coefficient (Wildman–Crippen LogP) is 3.58. The number of aromatic amines is 1. The predicted molar refractivity (Wildman–Crippen MR) is 72.0 cm³/mol. The number of H-pyrrole nitrogens is 1. The van der Waals surface area contributed by atoms with Gasteiger partial charge < -0.3 is 5.32 Å². The number of nitrogens with one attached hydrogen (secondary N) is 2. The summed E-state index contributed by atoms with van der Waals surface area (Å²) in [6, 6.07) is 5.63. The van der Waals surface area contributed by atoms with E-state index in [1.807, 2.05) is 13.8 Å². The highest BCUT2D eigenvalue weighted by molar-refractivity contribution is 6.30. The van der Waals surface area contributed by atoms with Gasteiger partial charge in [0.15, 0.2) is 5.82 Å². The van der Waals surface area contributed by atoms with Crippen molar-refractivity contribution in [2.24, 2.45) is 0 Å². The molecule has 0 aliphatic rings. The molecule has 1 aromatic heterocycles. The average Bonchev–Trinajstić information content (AvgIpc) is 2.81. The summed E-state index contributed by atoms with van der Waals surface area (Å²) in [5.41, 5.74) is 1.11. The van der Waals surface area contributed by atoms with E-state index >= 15 is 0 Å². The van der Waals surface area contributed by atoms with Gasteiger partial charge in [-0.25, -0.2) is 4.39 Å². The molecule has 2 aromatic rings. The largest absolute Gasteiger partial charge is 0.305 e. The van der Waals surface area contributed by atoms with E-state index in [0.717, 1.165) is 11.8 Å². The van der Waals surface area contributed by atoms with Gasteiger partial charge in [-0.2, -0.15) is 5.10 Å². The Morgan fingerprint density at radius 1 is 1.42 bits per heavy atom. The van der Waals surface area contributed by atoms with Crippen LogP contribution in [0.4, 0.5) is 10.2 Å². The van der Waals surface area contributed by atoms with Crippen molar-refractivity contribution in [2.45, 2.75) is 19.8 Å². The van der Waals surface area contributed by atoms with Crippen LogP contribution in [0.3, 0.4) is 0 Å². The van der Waals surface area contributed by atoms with Crippen LogP contribution in [-0.2, 0) is 0 Å². The number of hydrogen-bond acceptors (Lipinski definition) is 2. The Morgan fingerprint density at radius 2 is 2.16 bits per heavy atom. The molecule has 0 saturated heterocycles. The van der Waals surface area contributed by atoms with E-state index in [-0.39, 0.29) is 16.5 Å². The highest BCUT2D eigenvalue weighted by Crippen LogP contribution is 2.18. The summed E-state index contributed by atoms with van der Waals surface area (Å²) >= 11 is 5.56. The van der Waals surface area contributed by atoms with Gasteiger partial charge in [0, 0.05) is 17.3 Å². The quantitative estimate of drug-likeness (QED) is 0.903. The maximum absolute atomic E-state index is 13.3. The van der Waals surface area contributed by atoms with E-state index in [9.17, 15) is 9.18 Å². The average molecular weight is 282 g/mol. The fourth-order valence-electron chi connectivity index (χ4n) is 1.52. The number of aromatic nitrogens is 2. The molecule has 0 saturated carbocycles. The van der Waals surface area contributed by atoms with Gasteiger partial charge >= 0.3 is 0 Å². The maximum Gasteiger partial charge on any atom is 0.256 e. The zero-order chi connectivity index (χ0) is 14.0. The van der Waals surface area contributed by atoms with Crippen LogP contribution in [0.1, 0.15) is 35.8 Å². The third-order valence-corrected chi connectivity index (χ3v) is 2.95. The second-order valence-corrected chi connectivity index (χ2v) is 4.85. The Balaban J connectivity index is 2.13. The minimum atomic E-state index is -0.626. The maximum atomic E-state index is 13.3. The zero-order valence-electron chi connectivity index (χ0n) is 10.5. The SMILES string of the molecule is CC(C)c1cc(NC(=O)c2ccc(Cl)c(F)c2)n[nH]1. The first-order valence-electron chi connectivity index (χ1n) is 5.79. The Morgan fingerprint density at radius 3 is 2.74 bits per heavy atom. The fraction of sp³-hybridized carbons (Fsp3) is 0.231. The van der Waals surface area contributed by atoms with Crippen molar-refractivity contribution < 1.29 is 9.18 Å². The van der Waals surface area contributed by atoms with E-state index in [2.05, 4.69) is 15.5 Å². The molecule has 0 spiro atoms. The Kier molecular flexibility index (Phi) is 3.85. The summed E-state index contributed by atoms with van der Waals surface area (Å²) in [6.07, 6.45) is 0. The summed E-state index contributed by atoms with van der Waals surface area (Å²) in [5.74, 6) is -0.369. The summed E-state index contributed by atoms with van der Waals surface area (Å²) in [5, 5.41) is 9.36. The standard InChI is InChI=1S/C13H13ClFN3O/c1-7(2)11-6-12(18-17-11)16-13(19)8-3-4-9(14)10(15)5-8/h3-7H,1-2H3,(H2,16,17,18,19). The summed E-state index contributed by atoms with van der Waals surface area (Å²) < 4.78 is 13.3. The molecule has 0 fully saturated rings. The van der Waals surface area contributed by atoms with Crippen molar-refractivity contribution in [3.05, 3.63) is 46.4 Å². The first-order valence-corrected chi connectivity index (χ1v) is 6.17. The van der Waals surface area contributed by atoms with Crippen molar-refractivity contribution in [2.75, 3.05) is 5.32 Å². The van der Waals surface area contributed by atoms with Gasteiger partial charge in [-0.15, -0.1) is 0 Å². The third kappa shape index (κ3) is 3.12. The van der Waals surface area contributed by atoms with E-state index in [1.54, 1.807) is 6.07 Å². The molecule has 1 amide bonds. The van der Waals surface area contributed by atoms with E-state index in [1.165, 1.54) is 12.1 Å². The molecular formula is C13H13ClFN3O. The normalized spacial score (nSPS) is 10.8. The monoisotopic (exact) mass is 281 g/mol. The number of nitrogens with zero attached hydrogens (tertiary/aromatic N) is 1. The van der Waals surface area contributed by atoms with Gasteiger partial charge in [-0.1, -0.05) is 25.4 Å². The molecule has 0 radical (unpaired) electrons. The van der Waals surface area contributed by atoms with Crippen LogP contribution in [0.15, 0.2) is 24.3 Å². The zero-order valence-corrected chi connectivity index (χ0v) is 11.3. The first-order chi connectivity index (χ1) is 8.97. The lowest BCUT2D eigenvalue weighted by Crippen LogP contribution is -2.12. The van der Waals surface area contributed by atoms with Crippen molar-refractivity contribution in [3.63, 3.8) is 0 Å². The molecule has 1 aromatic carbocycles. The number of anilines is 1. The van der Waals surface area contributed by atoms with E-state index in [4.69, 9.17) is 11.6 Å². The van der Waals surface area contributed by atoms with Crippen LogP contribution in [0.2, 0.25) is 5.02 Å². The van der Waals surface area contributed by atoms with E-state index in [0.29, 0.717) is 5.82 Å². The lowest BCUT2D eigenvalue weighted by atomic mass is 10.1. The fourth-order valence-corrected chi connectivity index (χ4v) is 1.64. The van der Waals surface area contributed by atoms with Gasteiger partial charge in [0.2, 0.25) is 0 Å². The van der Waals surface area contributed by atoms with Gasteiger partial charge in [-0.05, 0) is 24.1 Å². The number of carbonyl (C=O) groups is 1.